The van der Waals surface area contributed by atoms with Crippen LogP contribution < -0.4 is 5.73 Å². The van der Waals surface area contributed by atoms with Crippen molar-refractivity contribution in [2.24, 2.45) is 5.73 Å². The minimum Gasteiger partial charge on any atom is -0.329 e. The second-order valence-corrected chi connectivity index (χ2v) is 5.59. The molecule has 0 amide bonds. The van der Waals surface area contributed by atoms with Crippen LogP contribution in [0.4, 0.5) is 0 Å². The molecule has 0 fully saturated rings. The van der Waals surface area contributed by atoms with Crippen LogP contribution in [-0.2, 0) is 4.79 Å². The maximum atomic E-state index is 11.0. The monoisotopic (exact) mass is 175 g/mol. The van der Waals surface area contributed by atoms with Gasteiger partial charge >= 0.3 is 0 Å². The molecule has 0 aromatic carbocycles. The molecule has 0 saturated heterocycles. The minimum absolute atomic E-state index is 0.0324. The highest BCUT2D eigenvalue weighted by Gasteiger charge is 2.20. The van der Waals surface area contributed by atoms with Crippen LogP contribution in [0.3, 0.4) is 0 Å². The van der Waals surface area contributed by atoms with Gasteiger partial charge in [0.05, 0.1) is 5.25 Å². The highest BCUT2D eigenvalue weighted by molar-refractivity contribution is 8.01. The molecule has 0 spiro atoms. The van der Waals surface area contributed by atoms with E-state index in [2.05, 4.69) is 20.8 Å². The Kier molecular flexibility index (Phi) is 4.11. The lowest BCUT2D eigenvalue weighted by Gasteiger charge is -2.22. The third kappa shape index (κ3) is 5.27. The molecular weight excluding hydrogens is 158 g/mol. The van der Waals surface area contributed by atoms with Crippen molar-refractivity contribution < 1.29 is 4.79 Å². The molecular formula is C8H17NOS. The Balaban J connectivity index is 3.99. The predicted molar refractivity (Wildman–Crippen MR) is 50.9 cm³/mol. The number of rotatable bonds is 3. The van der Waals surface area contributed by atoms with E-state index in [1.807, 2.05) is 0 Å². The summed E-state index contributed by atoms with van der Waals surface area (Å²) in [5, 5.41) is -0.0324. The molecule has 0 radical (unpaired) electrons. The average molecular weight is 175 g/mol. The van der Waals surface area contributed by atoms with Gasteiger partial charge in [-0.2, -0.15) is 0 Å². The standard InChI is InChI=1S/C8H17NOS/c1-6(10)7(5-9)11-8(2,3)4/h7H,5,9H2,1-4H3. The van der Waals surface area contributed by atoms with Crippen LogP contribution in [-0.4, -0.2) is 22.3 Å². The molecule has 0 saturated carbocycles. The summed E-state index contributed by atoms with van der Waals surface area (Å²) in [6.07, 6.45) is 0. The van der Waals surface area contributed by atoms with Crippen molar-refractivity contribution in [1.29, 1.82) is 0 Å². The van der Waals surface area contributed by atoms with Crippen LogP contribution in [0, 0.1) is 0 Å². The topological polar surface area (TPSA) is 43.1 Å². The van der Waals surface area contributed by atoms with Crippen molar-refractivity contribution in [3.05, 3.63) is 0 Å². The van der Waals surface area contributed by atoms with E-state index in [1.165, 1.54) is 0 Å². The van der Waals surface area contributed by atoms with Crippen molar-refractivity contribution in [3.63, 3.8) is 0 Å². The summed E-state index contributed by atoms with van der Waals surface area (Å²) in [4.78, 5) is 11.0. The first-order chi connectivity index (χ1) is 4.87. The van der Waals surface area contributed by atoms with Crippen LogP contribution in [0.1, 0.15) is 27.7 Å². The Morgan fingerprint density at radius 3 is 2.09 bits per heavy atom. The average Bonchev–Trinajstić information content (AvgIpc) is 1.80. The predicted octanol–water partition coefficient (Wildman–Crippen LogP) is 1.43. The molecule has 1 atom stereocenters. The molecule has 0 bridgehead atoms. The minimum atomic E-state index is -0.0324. The second-order valence-electron chi connectivity index (χ2n) is 3.57. The number of carbonyl (C=O) groups excluding carboxylic acids is 1. The largest absolute Gasteiger partial charge is 0.329 e. The summed E-state index contributed by atoms with van der Waals surface area (Å²) in [6.45, 7) is 8.29. The van der Waals surface area contributed by atoms with Gasteiger partial charge < -0.3 is 5.73 Å². The van der Waals surface area contributed by atoms with Gasteiger partial charge in [-0.3, -0.25) is 4.79 Å². The fraction of sp³-hybridized carbons (Fsp3) is 0.875. The normalized spacial score (nSPS) is 14.6. The molecule has 66 valence electrons. The van der Waals surface area contributed by atoms with Crippen LogP contribution >= 0.6 is 11.8 Å². The van der Waals surface area contributed by atoms with Gasteiger partial charge in [0.2, 0.25) is 0 Å². The van der Waals surface area contributed by atoms with Crippen molar-refractivity contribution in [3.8, 4) is 0 Å². The Labute approximate surface area is 72.9 Å². The van der Waals surface area contributed by atoms with Gasteiger partial charge in [-0.1, -0.05) is 20.8 Å². The van der Waals surface area contributed by atoms with Crippen molar-refractivity contribution in [1.82, 2.24) is 0 Å². The number of hydrogen-bond acceptors (Lipinski definition) is 3. The van der Waals surface area contributed by atoms with E-state index in [9.17, 15) is 4.79 Å². The molecule has 0 aliphatic rings. The first kappa shape index (κ1) is 11.0. The Morgan fingerprint density at radius 2 is 2.00 bits per heavy atom. The summed E-state index contributed by atoms with van der Waals surface area (Å²) in [5.41, 5.74) is 5.44. The lowest BCUT2D eigenvalue weighted by atomic mass is 10.2. The summed E-state index contributed by atoms with van der Waals surface area (Å²) < 4.78 is 0.121. The highest BCUT2D eigenvalue weighted by Crippen LogP contribution is 2.27. The molecule has 0 aliphatic carbocycles. The van der Waals surface area contributed by atoms with Crippen molar-refractivity contribution in [2.45, 2.75) is 37.7 Å². The Morgan fingerprint density at radius 1 is 1.55 bits per heavy atom. The number of ketones is 1. The fourth-order valence-corrected chi connectivity index (χ4v) is 1.84. The van der Waals surface area contributed by atoms with Gasteiger partial charge in [-0.05, 0) is 6.92 Å². The zero-order valence-corrected chi connectivity index (χ0v) is 8.49. The van der Waals surface area contributed by atoms with Crippen LogP contribution in [0.5, 0.6) is 0 Å². The number of hydrogen-bond donors (Lipinski definition) is 1. The van der Waals surface area contributed by atoms with Crippen LogP contribution in [0.15, 0.2) is 0 Å². The smallest absolute Gasteiger partial charge is 0.144 e. The quantitative estimate of drug-likeness (QED) is 0.705. The van der Waals surface area contributed by atoms with E-state index in [1.54, 1.807) is 18.7 Å². The van der Waals surface area contributed by atoms with E-state index in [0.29, 0.717) is 6.54 Å². The van der Waals surface area contributed by atoms with E-state index >= 15 is 0 Å². The van der Waals surface area contributed by atoms with Gasteiger partial charge in [0.25, 0.3) is 0 Å². The lowest BCUT2D eigenvalue weighted by Crippen LogP contribution is -2.28. The number of carbonyl (C=O) groups is 1. The van der Waals surface area contributed by atoms with Crippen LogP contribution in [0.25, 0.3) is 0 Å². The first-order valence-electron chi connectivity index (χ1n) is 3.75. The van der Waals surface area contributed by atoms with E-state index in [0.717, 1.165) is 0 Å². The number of thioether (sulfide) groups is 1. The summed E-state index contributed by atoms with van der Waals surface area (Å²) in [5.74, 6) is 0.174. The number of nitrogens with two attached hydrogens (primary N) is 1. The van der Waals surface area contributed by atoms with Crippen molar-refractivity contribution in [2.75, 3.05) is 6.54 Å². The van der Waals surface area contributed by atoms with Crippen molar-refractivity contribution >= 4 is 17.5 Å². The highest BCUT2D eigenvalue weighted by atomic mass is 32.2. The summed E-state index contributed by atoms with van der Waals surface area (Å²) in [7, 11) is 0. The summed E-state index contributed by atoms with van der Waals surface area (Å²) in [6, 6.07) is 0. The van der Waals surface area contributed by atoms with E-state index in [-0.39, 0.29) is 15.8 Å². The molecule has 0 heterocycles. The molecule has 0 aromatic rings. The maximum Gasteiger partial charge on any atom is 0.144 e. The molecule has 1 unspecified atom stereocenters. The fourth-order valence-electron chi connectivity index (χ4n) is 0.724. The molecule has 11 heavy (non-hydrogen) atoms. The molecule has 2 N–H and O–H groups in total. The first-order valence-corrected chi connectivity index (χ1v) is 4.63. The maximum absolute atomic E-state index is 11.0. The zero-order valence-electron chi connectivity index (χ0n) is 7.68. The van der Waals surface area contributed by atoms with Gasteiger partial charge in [-0.15, -0.1) is 11.8 Å². The van der Waals surface area contributed by atoms with Gasteiger partial charge in [-0.25, -0.2) is 0 Å². The lowest BCUT2D eigenvalue weighted by molar-refractivity contribution is -0.116. The van der Waals surface area contributed by atoms with Gasteiger partial charge in [0, 0.05) is 11.3 Å². The van der Waals surface area contributed by atoms with Crippen LogP contribution in [0.2, 0.25) is 0 Å². The molecule has 0 aliphatic heterocycles. The molecule has 3 heteroatoms. The van der Waals surface area contributed by atoms with Gasteiger partial charge in [0.15, 0.2) is 0 Å². The Bertz CT molecular complexity index is 140. The second kappa shape index (κ2) is 4.12. The summed E-state index contributed by atoms with van der Waals surface area (Å²) >= 11 is 1.64. The third-order valence-corrected chi connectivity index (χ3v) is 2.68. The molecule has 0 aromatic heterocycles. The molecule has 0 rings (SSSR count). The van der Waals surface area contributed by atoms with Gasteiger partial charge in [0.1, 0.15) is 5.78 Å². The zero-order chi connectivity index (χ0) is 9.07. The Hall–Kier alpha value is -0.0200. The SMILES string of the molecule is CC(=O)C(CN)SC(C)(C)C. The number of Topliss-reactive ketones (excluding diaryl/α,β-unsaturated/α-hetero) is 1. The van der Waals surface area contributed by atoms with E-state index < -0.39 is 0 Å². The molecule has 2 nitrogen and oxygen atoms in total. The third-order valence-electron chi connectivity index (χ3n) is 1.16. The van der Waals surface area contributed by atoms with E-state index in [4.69, 9.17) is 5.73 Å².